The Morgan fingerprint density at radius 1 is 0.893 bits per heavy atom. The molecule has 3 rings (SSSR count). The highest BCUT2D eigenvalue weighted by atomic mass is 35.5. The molecule has 144 valence electrons. The average molecular weight is 395 g/mol. The van der Waals surface area contributed by atoms with Crippen LogP contribution in [0, 0.1) is 0 Å². The second-order valence-electron chi connectivity index (χ2n) is 6.44. The van der Waals surface area contributed by atoms with E-state index in [2.05, 4.69) is 20.6 Å². The van der Waals surface area contributed by atoms with Crippen molar-refractivity contribution in [3.8, 4) is 0 Å². The first-order valence-corrected chi connectivity index (χ1v) is 9.64. The van der Waals surface area contributed by atoms with E-state index >= 15 is 0 Å². The van der Waals surface area contributed by atoms with Crippen molar-refractivity contribution in [2.24, 2.45) is 0 Å². The van der Waals surface area contributed by atoms with Crippen LogP contribution in [-0.2, 0) is 17.6 Å². The SMILES string of the molecule is O=C(NCCc1ccncc1)C(NCCc1ccncc1)c1cccc(Cl)c1. The highest BCUT2D eigenvalue weighted by molar-refractivity contribution is 6.30. The molecule has 1 aromatic carbocycles. The predicted molar refractivity (Wildman–Crippen MR) is 111 cm³/mol. The number of rotatable bonds is 9. The van der Waals surface area contributed by atoms with Crippen LogP contribution in [0.25, 0.3) is 0 Å². The van der Waals surface area contributed by atoms with E-state index in [-0.39, 0.29) is 5.91 Å². The molecule has 0 fully saturated rings. The van der Waals surface area contributed by atoms with Gasteiger partial charge in [0.25, 0.3) is 0 Å². The summed E-state index contributed by atoms with van der Waals surface area (Å²) in [4.78, 5) is 20.9. The van der Waals surface area contributed by atoms with Crippen molar-refractivity contribution >= 4 is 17.5 Å². The Balaban J connectivity index is 1.60. The molecule has 1 atom stereocenters. The minimum absolute atomic E-state index is 0.0638. The maximum Gasteiger partial charge on any atom is 0.241 e. The van der Waals surface area contributed by atoms with Gasteiger partial charge < -0.3 is 10.6 Å². The number of nitrogens with one attached hydrogen (secondary N) is 2. The fraction of sp³-hybridized carbons (Fsp3) is 0.227. The minimum atomic E-state index is -0.460. The van der Waals surface area contributed by atoms with E-state index in [1.807, 2.05) is 42.5 Å². The quantitative estimate of drug-likeness (QED) is 0.584. The van der Waals surface area contributed by atoms with Crippen LogP contribution in [0.1, 0.15) is 22.7 Å². The van der Waals surface area contributed by atoms with E-state index in [1.54, 1.807) is 30.9 Å². The van der Waals surface area contributed by atoms with Crippen LogP contribution in [0.15, 0.2) is 73.3 Å². The summed E-state index contributed by atoms with van der Waals surface area (Å²) >= 11 is 6.14. The molecule has 2 heterocycles. The molecule has 0 aliphatic heterocycles. The molecule has 28 heavy (non-hydrogen) atoms. The first-order valence-electron chi connectivity index (χ1n) is 9.27. The lowest BCUT2D eigenvalue weighted by Gasteiger charge is -2.19. The van der Waals surface area contributed by atoms with Gasteiger partial charge in [-0.25, -0.2) is 0 Å². The first kappa shape index (κ1) is 20.0. The summed E-state index contributed by atoms with van der Waals surface area (Å²) in [6, 6.07) is 14.8. The molecule has 3 aromatic rings. The van der Waals surface area contributed by atoms with Crippen molar-refractivity contribution in [3.63, 3.8) is 0 Å². The Morgan fingerprint density at radius 3 is 2.11 bits per heavy atom. The zero-order valence-corrected chi connectivity index (χ0v) is 16.3. The molecule has 0 aliphatic rings. The lowest BCUT2D eigenvalue weighted by molar-refractivity contribution is -0.123. The predicted octanol–water partition coefficient (Wildman–Crippen LogP) is 3.36. The smallest absolute Gasteiger partial charge is 0.241 e. The largest absolute Gasteiger partial charge is 0.354 e. The molecular formula is C22H23ClN4O. The van der Waals surface area contributed by atoms with Gasteiger partial charge in [0.05, 0.1) is 0 Å². The van der Waals surface area contributed by atoms with E-state index in [9.17, 15) is 4.79 Å². The molecule has 5 nitrogen and oxygen atoms in total. The van der Waals surface area contributed by atoms with Crippen LogP contribution >= 0.6 is 11.6 Å². The lowest BCUT2D eigenvalue weighted by Crippen LogP contribution is -2.39. The number of pyridine rings is 2. The monoisotopic (exact) mass is 394 g/mol. The highest BCUT2D eigenvalue weighted by Gasteiger charge is 2.20. The summed E-state index contributed by atoms with van der Waals surface area (Å²) in [5.74, 6) is -0.0638. The van der Waals surface area contributed by atoms with Crippen molar-refractivity contribution in [2.75, 3.05) is 13.1 Å². The van der Waals surface area contributed by atoms with Crippen molar-refractivity contribution in [3.05, 3.63) is 95.0 Å². The molecular weight excluding hydrogens is 372 g/mol. The van der Waals surface area contributed by atoms with Gasteiger partial charge in [-0.3, -0.25) is 14.8 Å². The number of carbonyl (C=O) groups excluding carboxylic acids is 1. The number of hydrogen-bond acceptors (Lipinski definition) is 4. The van der Waals surface area contributed by atoms with Gasteiger partial charge in [0.15, 0.2) is 0 Å². The third-order valence-electron chi connectivity index (χ3n) is 4.42. The lowest BCUT2D eigenvalue weighted by atomic mass is 10.1. The van der Waals surface area contributed by atoms with Crippen LogP contribution in [-0.4, -0.2) is 29.0 Å². The molecule has 0 radical (unpaired) electrons. The third kappa shape index (κ3) is 6.15. The Labute approximate surface area is 170 Å². The second-order valence-corrected chi connectivity index (χ2v) is 6.88. The Hall–Kier alpha value is -2.76. The summed E-state index contributed by atoms with van der Waals surface area (Å²) in [5, 5.41) is 7.00. The molecule has 6 heteroatoms. The van der Waals surface area contributed by atoms with Gasteiger partial charge in [-0.05, 0) is 65.9 Å². The number of carbonyl (C=O) groups is 1. The van der Waals surface area contributed by atoms with Crippen molar-refractivity contribution < 1.29 is 4.79 Å². The fourth-order valence-corrected chi connectivity index (χ4v) is 3.14. The molecule has 0 spiro atoms. The summed E-state index contributed by atoms with van der Waals surface area (Å²) in [6.45, 7) is 1.23. The number of halogens is 1. The topological polar surface area (TPSA) is 66.9 Å². The van der Waals surface area contributed by atoms with Crippen LogP contribution in [0.4, 0.5) is 0 Å². The zero-order chi connectivity index (χ0) is 19.6. The molecule has 0 saturated heterocycles. The summed E-state index contributed by atoms with van der Waals surface area (Å²) in [6.07, 6.45) is 8.63. The molecule has 0 aliphatic carbocycles. The van der Waals surface area contributed by atoms with Gasteiger partial charge in [0, 0.05) is 42.9 Å². The van der Waals surface area contributed by atoms with E-state index in [4.69, 9.17) is 11.6 Å². The van der Waals surface area contributed by atoms with Crippen molar-refractivity contribution in [1.82, 2.24) is 20.6 Å². The second kappa shape index (κ2) is 10.5. The van der Waals surface area contributed by atoms with Gasteiger partial charge in [-0.1, -0.05) is 23.7 Å². The van der Waals surface area contributed by atoms with Gasteiger partial charge >= 0.3 is 0 Å². The van der Waals surface area contributed by atoms with Crippen molar-refractivity contribution in [2.45, 2.75) is 18.9 Å². The van der Waals surface area contributed by atoms with E-state index in [0.717, 1.165) is 24.0 Å². The molecule has 2 aromatic heterocycles. The summed E-state index contributed by atoms with van der Waals surface area (Å²) in [7, 11) is 0. The molecule has 2 N–H and O–H groups in total. The Bertz CT molecular complexity index is 874. The maximum absolute atomic E-state index is 12.8. The molecule has 0 bridgehead atoms. The van der Waals surface area contributed by atoms with Crippen LogP contribution in [0.3, 0.4) is 0 Å². The first-order chi connectivity index (χ1) is 13.7. The van der Waals surface area contributed by atoms with Gasteiger partial charge in [0.1, 0.15) is 6.04 Å². The Morgan fingerprint density at radius 2 is 1.50 bits per heavy atom. The zero-order valence-electron chi connectivity index (χ0n) is 15.5. The number of nitrogens with zero attached hydrogens (tertiary/aromatic N) is 2. The van der Waals surface area contributed by atoms with E-state index in [1.165, 1.54) is 5.56 Å². The normalized spacial score (nSPS) is 11.8. The fourth-order valence-electron chi connectivity index (χ4n) is 2.94. The maximum atomic E-state index is 12.8. The van der Waals surface area contributed by atoms with Gasteiger partial charge in [-0.15, -0.1) is 0 Å². The third-order valence-corrected chi connectivity index (χ3v) is 4.65. The number of aromatic nitrogens is 2. The number of benzene rings is 1. The molecule has 1 amide bonds. The van der Waals surface area contributed by atoms with Crippen LogP contribution < -0.4 is 10.6 Å². The minimum Gasteiger partial charge on any atom is -0.354 e. The van der Waals surface area contributed by atoms with Gasteiger partial charge in [-0.2, -0.15) is 0 Å². The van der Waals surface area contributed by atoms with Crippen LogP contribution in [0.5, 0.6) is 0 Å². The number of hydrogen-bond donors (Lipinski definition) is 2. The summed E-state index contributed by atoms with van der Waals surface area (Å²) in [5.41, 5.74) is 3.16. The molecule has 1 unspecified atom stereocenters. The van der Waals surface area contributed by atoms with Crippen molar-refractivity contribution in [1.29, 1.82) is 0 Å². The average Bonchev–Trinajstić information content (AvgIpc) is 2.72. The van der Waals surface area contributed by atoms with Gasteiger partial charge in [0.2, 0.25) is 5.91 Å². The number of amides is 1. The Kier molecular flexibility index (Phi) is 7.53. The highest BCUT2D eigenvalue weighted by Crippen LogP contribution is 2.18. The van der Waals surface area contributed by atoms with E-state index in [0.29, 0.717) is 18.1 Å². The molecule has 0 saturated carbocycles. The summed E-state index contributed by atoms with van der Waals surface area (Å²) < 4.78 is 0. The van der Waals surface area contributed by atoms with E-state index < -0.39 is 6.04 Å². The standard InChI is InChI=1S/C22H23ClN4O/c23-20-3-1-2-19(16-20)21(26-14-8-17-4-10-24-11-5-17)22(28)27-15-9-18-6-12-25-13-7-18/h1-7,10-13,16,21,26H,8-9,14-15H2,(H,27,28). The van der Waals surface area contributed by atoms with Crippen LogP contribution in [0.2, 0.25) is 5.02 Å².